The molecule has 1 saturated heterocycles. The first-order valence-corrected chi connectivity index (χ1v) is 7.29. The van der Waals surface area contributed by atoms with Crippen LogP contribution in [-0.2, 0) is 14.3 Å². The Morgan fingerprint density at radius 2 is 2.05 bits per heavy atom. The van der Waals surface area contributed by atoms with Crippen molar-refractivity contribution in [2.24, 2.45) is 17.3 Å². The standard InChI is InChI=1S/C15H25NO3/c1-15(2,3)6-7-19-14(18)12-8-13(17)16(10-12)9-11-4-5-11/h11-12H,4-10H2,1-3H3. The zero-order chi connectivity index (χ0) is 14.0. The molecular weight excluding hydrogens is 242 g/mol. The van der Waals surface area contributed by atoms with E-state index in [-0.39, 0.29) is 23.2 Å². The van der Waals surface area contributed by atoms with Crippen molar-refractivity contribution in [3.05, 3.63) is 0 Å². The molecule has 1 heterocycles. The molecule has 1 saturated carbocycles. The molecule has 0 spiro atoms. The fourth-order valence-corrected chi connectivity index (χ4v) is 2.29. The summed E-state index contributed by atoms with van der Waals surface area (Å²) in [4.78, 5) is 25.6. The Morgan fingerprint density at radius 3 is 2.63 bits per heavy atom. The highest BCUT2D eigenvalue weighted by Crippen LogP contribution is 2.32. The van der Waals surface area contributed by atoms with Gasteiger partial charge in [-0.2, -0.15) is 0 Å². The van der Waals surface area contributed by atoms with Gasteiger partial charge in [0, 0.05) is 19.5 Å². The Balaban J connectivity index is 1.72. The summed E-state index contributed by atoms with van der Waals surface area (Å²) in [5.41, 5.74) is 0.170. The maximum absolute atomic E-state index is 11.9. The van der Waals surface area contributed by atoms with E-state index in [1.165, 1.54) is 12.8 Å². The van der Waals surface area contributed by atoms with E-state index < -0.39 is 0 Å². The molecule has 0 bridgehead atoms. The summed E-state index contributed by atoms with van der Waals surface area (Å²) in [6.07, 6.45) is 3.64. The van der Waals surface area contributed by atoms with E-state index in [4.69, 9.17) is 4.74 Å². The maximum atomic E-state index is 11.9. The fourth-order valence-electron chi connectivity index (χ4n) is 2.29. The minimum Gasteiger partial charge on any atom is -0.465 e. The molecule has 4 nitrogen and oxygen atoms in total. The van der Waals surface area contributed by atoms with Crippen LogP contribution in [0.5, 0.6) is 0 Å². The number of carbonyl (C=O) groups is 2. The largest absolute Gasteiger partial charge is 0.465 e. The van der Waals surface area contributed by atoms with Crippen LogP contribution in [0.25, 0.3) is 0 Å². The lowest BCUT2D eigenvalue weighted by atomic mass is 9.93. The highest BCUT2D eigenvalue weighted by molar-refractivity contribution is 5.86. The second kappa shape index (κ2) is 5.51. The minimum absolute atomic E-state index is 0.115. The van der Waals surface area contributed by atoms with Crippen LogP contribution in [0.4, 0.5) is 0 Å². The Labute approximate surface area is 115 Å². The number of hydrogen-bond donors (Lipinski definition) is 0. The third-order valence-electron chi connectivity index (χ3n) is 3.82. The molecule has 1 amide bonds. The normalized spacial score (nSPS) is 23.8. The molecule has 2 fully saturated rings. The molecular formula is C15H25NO3. The van der Waals surface area contributed by atoms with Crippen LogP contribution in [0.3, 0.4) is 0 Å². The predicted octanol–water partition coefficient (Wildman–Crippen LogP) is 2.22. The summed E-state index contributed by atoms with van der Waals surface area (Å²) >= 11 is 0. The van der Waals surface area contributed by atoms with Gasteiger partial charge < -0.3 is 9.64 Å². The summed E-state index contributed by atoms with van der Waals surface area (Å²) in [7, 11) is 0. The first-order chi connectivity index (χ1) is 8.85. The first kappa shape index (κ1) is 14.4. The van der Waals surface area contributed by atoms with Gasteiger partial charge in [-0.25, -0.2) is 0 Å². The molecule has 108 valence electrons. The second-order valence-corrected chi connectivity index (χ2v) is 7.12. The zero-order valence-corrected chi connectivity index (χ0v) is 12.3. The average molecular weight is 267 g/mol. The van der Waals surface area contributed by atoms with Gasteiger partial charge in [-0.1, -0.05) is 20.8 Å². The van der Waals surface area contributed by atoms with Crippen molar-refractivity contribution < 1.29 is 14.3 Å². The molecule has 0 radical (unpaired) electrons. The highest BCUT2D eigenvalue weighted by Gasteiger charge is 2.37. The highest BCUT2D eigenvalue weighted by atomic mass is 16.5. The van der Waals surface area contributed by atoms with Crippen LogP contribution in [0.2, 0.25) is 0 Å². The smallest absolute Gasteiger partial charge is 0.311 e. The molecule has 2 rings (SSSR count). The summed E-state index contributed by atoms with van der Waals surface area (Å²) in [5.74, 6) is 0.353. The Morgan fingerprint density at radius 1 is 1.37 bits per heavy atom. The van der Waals surface area contributed by atoms with E-state index in [9.17, 15) is 9.59 Å². The zero-order valence-electron chi connectivity index (χ0n) is 12.3. The minimum atomic E-state index is -0.244. The van der Waals surface area contributed by atoms with Crippen LogP contribution >= 0.6 is 0 Å². The van der Waals surface area contributed by atoms with Gasteiger partial charge in [0.15, 0.2) is 0 Å². The number of ether oxygens (including phenoxy) is 1. The number of amides is 1. The summed E-state index contributed by atoms with van der Waals surface area (Å²) in [6, 6.07) is 0. The van der Waals surface area contributed by atoms with Crippen molar-refractivity contribution in [2.45, 2.75) is 46.5 Å². The van der Waals surface area contributed by atoms with Crippen molar-refractivity contribution >= 4 is 11.9 Å². The summed E-state index contributed by atoms with van der Waals surface area (Å²) in [6.45, 7) is 8.22. The molecule has 1 atom stereocenters. The topological polar surface area (TPSA) is 46.6 Å². The molecule has 0 aromatic rings. The van der Waals surface area contributed by atoms with E-state index in [2.05, 4.69) is 20.8 Å². The molecule has 4 heteroatoms. The number of likely N-dealkylation sites (tertiary alicyclic amines) is 1. The first-order valence-electron chi connectivity index (χ1n) is 7.29. The van der Waals surface area contributed by atoms with Crippen molar-refractivity contribution in [1.82, 2.24) is 4.90 Å². The lowest BCUT2D eigenvalue weighted by molar-refractivity contribution is -0.149. The van der Waals surface area contributed by atoms with Crippen LogP contribution in [0.1, 0.15) is 46.5 Å². The van der Waals surface area contributed by atoms with E-state index in [0.29, 0.717) is 25.5 Å². The van der Waals surface area contributed by atoms with Crippen molar-refractivity contribution in [3.8, 4) is 0 Å². The van der Waals surface area contributed by atoms with Gasteiger partial charge in [-0.05, 0) is 30.6 Å². The van der Waals surface area contributed by atoms with Crippen molar-refractivity contribution in [3.63, 3.8) is 0 Å². The van der Waals surface area contributed by atoms with Gasteiger partial charge in [0.2, 0.25) is 5.91 Å². The maximum Gasteiger partial charge on any atom is 0.311 e. The van der Waals surface area contributed by atoms with Crippen LogP contribution < -0.4 is 0 Å². The van der Waals surface area contributed by atoms with Crippen molar-refractivity contribution in [1.29, 1.82) is 0 Å². The number of hydrogen-bond acceptors (Lipinski definition) is 3. The van der Waals surface area contributed by atoms with Gasteiger partial charge in [-0.3, -0.25) is 9.59 Å². The quantitative estimate of drug-likeness (QED) is 0.718. The fraction of sp³-hybridized carbons (Fsp3) is 0.867. The molecule has 1 aliphatic carbocycles. The van der Waals surface area contributed by atoms with Gasteiger partial charge in [-0.15, -0.1) is 0 Å². The molecule has 1 aliphatic heterocycles. The molecule has 2 aliphatic rings. The van der Waals surface area contributed by atoms with Crippen LogP contribution in [0, 0.1) is 17.3 Å². The SMILES string of the molecule is CC(C)(C)CCOC(=O)C1CC(=O)N(CC2CC2)C1. The van der Waals surface area contributed by atoms with Gasteiger partial charge in [0.1, 0.15) is 0 Å². The third-order valence-corrected chi connectivity index (χ3v) is 3.82. The number of esters is 1. The monoisotopic (exact) mass is 267 g/mol. The number of nitrogens with zero attached hydrogens (tertiary/aromatic N) is 1. The summed E-state index contributed by atoms with van der Waals surface area (Å²) < 4.78 is 5.30. The molecule has 0 N–H and O–H groups in total. The van der Waals surface area contributed by atoms with Crippen molar-refractivity contribution in [2.75, 3.05) is 19.7 Å². The Kier molecular flexibility index (Phi) is 4.16. The molecule has 1 unspecified atom stereocenters. The van der Waals surface area contributed by atoms with E-state index in [1.807, 2.05) is 4.90 Å². The average Bonchev–Trinajstić information content (AvgIpc) is 3.01. The van der Waals surface area contributed by atoms with Crippen LogP contribution in [-0.4, -0.2) is 36.5 Å². The van der Waals surface area contributed by atoms with Gasteiger partial charge in [0.25, 0.3) is 0 Å². The molecule has 19 heavy (non-hydrogen) atoms. The third kappa shape index (κ3) is 4.51. The lowest BCUT2D eigenvalue weighted by Crippen LogP contribution is -2.29. The number of carbonyl (C=O) groups excluding carboxylic acids is 2. The predicted molar refractivity (Wildman–Crippen MR) is 72.4 cm³/mol. The molecule has 0 aromatic carbocycles. The lowest BCUT2D eigenvalue weighted by Gasteiger charge is -2.19. The van der Waals surface area contributed by atoms with Gasteiger partial charge >= 0.3 is 5.97 Å². The van der Waals surface area contributed by atoms with Gasteiger partial charge in [0.05, 0.1) is 12.5 Å². The Bertz CT molecular complexity index is 355. The Hall–Kier alpha value is -1.06. The van der Waals surface area contributed by atoms with E-state index >= 15 is 0 Å². The van der Waals surface area contributed by atoms with Crippen LogP contribution in [0.15, 0.2) is 0 Å². The second-order valence-electron chi connectivity index (χ2n) is 7.12. The van der Waals surface area contributed by atoms with E-state index in [1.54, 1.807) is 0 Å². The van der Waals surface area contributed by atoms with E-state index in [0.717, 1.165) is 13.0 Å². The molecule has 0 aromatic heterocycles. The summed E-state index contributed by atoms with van der Waals surface area (Å²) in [5, 5.41) is 0. The number of rotatable bonds is 5.